The van der Waals surface area contributed by atoms with E-state index in [0.29, 0.717) is 19.1 Å². The average Bonchev–Trinajstić information content (AvgIpc) is 3.03. The number of nitrogens with zero attached hydrogens (tertiary/aromatic N) is 1. The minimum absolute atomic E-state index is 0.164. The van der Waals surface area contributed by atoms with E-state index in [2.05, 4.69) is 11.9 Å². The molecule has 2 aromatic rings. The number of aliphatic carboxylic acids is 1. The zero-order valence-electron chi connectivity index (χ0n) is 16.2. The second-order valence-corrected chi connectivity index (χ2v) is 7.73. The Bertz CT molecular complexity index is 775. The predicted octanol–water partition coefficient (Wildman–Crippen LogP) is 4.22. The van der Waals surface area contributed by atoms with Crippen LogP contribution in [0.3, 0.4) is 0 Å². The van der Waals surface area contributed by atoms with Gasteiger partial charge in [0.25, 0.3) is 5.79 Å². The average molecular weight is 373 g/mol. The summed E-state index contributed by atoms with van der Waals surface area (Å²) in [6.07, 6.45) is 3.73. The molecule has 0 aliphatic carbocycles. The molecule has 0 amide bonds. The van der Waals surface area contributed by atoms with E-state index in [1.807, 2.05) is 37.3 Å². The van der Waals surface area contributed by atoms with E-state index in [1.54, 1.807) is 0 Å². The molecule has 0 atom stereocenters. The Kier molecular flexibility index (Phi) is 5.67. The summed E-state index contributed by atoms with van der Waals surface area (Å²) in [6, 6.07) is 9.89. The van der Waals surface area contributed by atoms with Crippen LogP contribution in [0.25, 0.3) is 11.5 Å². The van der Waals surface area contributed by atoms with Gasteiger partial charge in [-0.3, -0.25) is 0 Å². The first-order chi connectivity index (χ1) is 12.8. The molecule has 1 saturated heterocycles. The molecule has 1 aromatic carbocycles. The van der Waals surface area contributed by atoms with E-state index in [9.17, 15) is 4.79 Å². The van der Waals surface area contributed by atoms with Crippen molar-refractivity contribution in [3.63, 3.8) is 0 Å². The minimum atomic E-state index is -1.52. The largest absolute Gasteiger partial charge is 0.477 e. The number of oxazole rings is 1. The van der Waals surface area contributed by atoms with Gasteiger partial charge in [-0.15, -0.1) is 0 Å². The van der Waals surface area contributed by atoms with E-state index in [0.717, 1.165) is 42.7 Å². The third-order valence-corrected chi connectivity index (χ3v) is 5.14. The Balaban J connectivity index is 1.48. The Morgan fingerprint density at radius 3 is 2.44 bits per heavy atom. The normalized spacial score (nSPS) is 25.4. The topological polar surface area (TPSA) is 81.8 Å². The number of hydrogen-bond acceptors (Lipinski definition) is 5. The zero-order chi connectivity index (χ0) is 19.5. The first-order valence-corrected chi connectivity index (χ1v) is 9.34. The van der Waals surface area contributed by atoms with Crippen LogP contribution in [-0.4, -0.2) is 35.1 Å². The first-order valence-electron chi connectivity index (χ1n) is 9.34. The number of carboxylic acids is 1. The van der Waals surface area contributed by atoms with Crippen LogP contribution in [0.4, 0.5) is 0 Å². The summed E-state index contributed by atoms with van der Waals surface area (Å²) in [6.45, 7) is 6.25. The van der Waals surface area contributed by atoms with Crippen LogP contribution in [0.1, 0.15) is 44.6 Å². The van der Waals surface area contributed by atoms with E-state index in [4.69, 9.17) is 19.0 Å². The van der Waals surface area contributed by atoms with Gasteiger partial charge in [-0.25, -0.2) is 9.78 Å². The third-order valence-electron chi connectivity index (χ3n) is 5.14. The first kappa shape index (κ1) is 19.6. The van der Waals surface area contributed by atoms with Gasteiger partial charge in [-0.2, -0.15) is 0 Å². The molecule has 3 rings (SSSR count). The summed E-state index contributed by atoms with van der Waals surface area (Å²) in [7, 11) is 0. The van der Waals surface area contributed by atoms with Crippen LogP contribution in [-0.2, 0) is 20.7 Å². The number of aromatic nitrogens is 1. The Morgan fingerprint density at radius 1 is 1.15 bits per heavy atom. The van der Waals surface area contributed by atoms with Crippen molar-refractivity contribution in [2.24, 2.45) is 5.41 Å². The molecule has 1 fully saturated rings. The molecular weight excluding hydrogens is 346 g/mol. The van der Waals surface area contributed by atoms with Crippen LogP contribution in [0, 0.1) is 12.3 Å². The lowest BCUT2D eigenvalue weighted by molar-refractivity contribution is -0.287. The Labute approximate surface area is 159 Å². The van der Waals surface area contributed by atoms with Crippen LogP contribution in [0.15, 0.2) is 34.7 Å². The van der Waals surface area contributed by atoms with Crippen molar-refractivity contribution in [1.29, 1.82) is 0 Å². The fourth-order valence-electron chi connectivity index (χ4n) is 3.18. The molecule has 1 N–H and O–H groups in total. The molecule has 1 aliphatic rings. The van der Waals surface area contributed by atoms with Crippen molar-refractivity contribution < 1.29 is 23.8 Å². The summed E-state index contributed by atoms with van der Waals surface area (Å²) < 4.78 is 16.8. The second-order valence-electron chi connectivity index (χ2n) is 7.73. The predicted molar refractivity (Wildman–Crippen MR) is 100 cm³/mol. The number of aryl methyl sites for hydroxylation is 2. The van der Waals surface area contributed by atoms with Crippen LogP contribution < -0.4 is 0 Å². The maximum Gasteiger partial charge on any atom is 0.364 e. The number of unbranched alkanes of at least 4 members (excludes halogenated alkanes) is 1. The van der Waals surface area contributed by atoms with E-state index < -0.39 is 11.8 Å². The van der Waals surface area contributed by atoms with Gasteiger partial charge in [0.1, 0.15) is 5.76 Å². The van der Waals surface area contributed by atoms with E-state index >= 15 is 0 Å². The number of rotatable bonds is 7. The molecule has 0 unspecified atom stereocenters. The van der Waals surface area contributed by atoms with Gasteiger partial charge in [-0.1, -0.05) is 31.5 Å². The molecule has 27 heavy (non-hydrogen) atoms. The molecule has 6 heteroatoms. The van der Waals surface area contributed by atoms with Crippen LogP contribution in [0.5, 0.6) is 0 Å². The molecule has 1 aromatic heterocycles. The SMILES string of the molecule is Cc1oc(-c2ccccc2)nc1CCCCC1(C)COC(C)(C(=O)O)OC1. The summed E-state index contributed by atoms with van der Waals surface area (Å²) in [5.41, 5.74) is 1.81. The van der Waals surface area contributed by atoms with Crippen LogP contribution >= 0.6 is 0 Å². The lowest BCUT2D eigenvalue weighted by atomic mass is 9.85. The Morgan fingerprint density at radius 2 is 1.81 bits per heavy atom. The zero-order valence-corrected chi connectivity index (χ0v) is 16.2. The van der Waals surface area contributed by atoms with Crippen molar-refractivity contribution in [2.75, 3.05) is 13.2 Å². The maximum atomic E-state index is 11.2. The number of carbonyl (C=O) groups is 1. The summed E-state index contributed by atoms with van der Waals surface area (Å²) in [5.74, 6) is -1.08. The summed E-state index contributed by atoms with van der Waals surface area (Å²) in [4.78, 5) is 15.8. The summed E-state index contributed by atoms with van der Waals surface area (Å²) in [5, 5.41) is 9.15. The van der Waals surface area contributed by atoms with Crippen molar-refractivity contribution in [1.82, 2.24) is 4.98 Å². The molecular formula is C21H27NO5. The third kappa shape index (κ3) is 4.57. The van der Waals surface area contributed by atoms with E-state index in [-0.39, 0.29) is 5.41 Å². The van der Waals surface area contributed by atoms with Crippen molar-refractivity contribution in [3.8, 4) is 11.5 Å². The van der Waals surface area contributed by atoms with Gasteiger partial charge in [0.2, 0.25) is 5.89 Å². The molecule has 0 saturated carbocycles. The van der Waals surface area contributed by atoms with Gasteiger partial charge in [0, 0.05) is 17.9 Å². The molecule has 1 aliphatic heterocycles. The van der Waals surface area contributed by atoms with Gasteiger partial charge >= 0.3 is 5.97 Å². The fraction of sp³-hybridized carbons (Fsp3) is 0.524. The Hall–Kier alpha value is -2.18. The minimum Gasteiger partial charge on any atom is -0.477 e. The van der Waals surface area contributed by atoms with Crippen LogP contribution in [0.2, 0.25) is 0 Å². The summed E-state index contributed by atoms with van der Waals surface area (Å²) >= 11 is 0. The molecule has 0 bridgehead atoms. The second kappa shape index (κ2) is 7.82. The number of benzene rings is 1. The number of ether oxygens (including phenoxy) is 2. The van der Waals surface area contributed by atoms with Crippen molar-refractivity contribution in [2.45, 2.75) is 52.2 Å². The highest BCUT2D eigenvalue weighted by Gasteiger charge is 2.44. The fourth-order valence-corrected chi connectivity index (χ4v) is 3.18. The quantitative estimate of drug-likeness (QED) is 0.732. The van der Waals surface area contributed by atoms with Gasteiger partial charge in [0.05, 0.1) is 18.9 Å². The molecule has 0 spiro atoms. The smallest absolute Gasteiger partial charge is 0.364 e. The monoisotopic (exact) mass is 373 g/mol. The standard InChI is InChI=1S/C21H27NO5/c1-15-17(22-18(27-15)16-9-5-4-6-10-16)11-7-8-12-20(2)13-25-21(3,19(23)24)26-14-20/h4-6,9-10H,7-8,11-14H2,1-3H3,(H,23,24). The van der Waals surface area contributed by atoms with Crippen molar-refractivity contribution in [3.05, 3.63) is 41.8 Å². The number of hydrogen-bond donors (Lipinski definition) is 1. The molecule has 0 radical (unpaired) electrons. The highest BCUT2D eigenvalue weighted by atomic mass is 16.7. The lowest BCUT2D eigenvalue weighted by Gasteiger charge is -2.40. The van der Waals surface area contributed by atoms with Crippen molar-refractivity contribution >= 4 is 5.97 Å². The lowest BCUT2D eigenvalue weighted by Crippen LogP contribution is -2.51. The molecule has 2 heterocycles. The van der Waals surface area contributed by atoms with Gasteiger partial charge in [0.15, 0.2) is 0 Å². The molecule has 146 valence electrons. The van der Waals surface area contributed by atoms with Gasteiger partial charge < -0.3 is 19.0 Å². The molecule has 6 nitrogen and oxygen atoms in total. The van der Waals surface area contributed by atoms with E-state index in [1.165, 1.54) is 6.92 Å². The highest BCUT2D eigenvalue weighted by Crippen LogP contribution is 2.34. The number of carboxylic acid groups (broad SMARTS) is 1. The maximum absolute atomic E-state index is 11.2. The van der Waals surface area contributed by atoms with Gasteiger partial charge in [-0.05, 0) is 38.3 Å². The highest BCUT2D eigenvalue weighted by molar-refractivity contribution is 5.75.